The molecule has 0 aliphatic carbocycles. The van der Waals surface area contributed by atoms with Crippen molar-refractivity contribution in [3.63, 3.8) is 0 Å². The van der Waals surface area contributed by atoms with E-state index in [1.54, 1.807) is 0 Å². The lowest BCUT2D eigenvalue weighted by molar-refractivity contribution is 0.0948. The topological polar surface area (TPSA) is 62.2 Å². The van der Waals surface area contributed by atoms with E-state index in [4.69, 9.17) is 11.6 Å². The number of benzene rings is 1. The van der Waals surface area contributed by atoms with Crippen LogP contribution in [0.15, 0.2) is 23.6 Å². The van der Waals surface area contributed by atoms with Crippen LogP contribution in [0.5, 0.6) is 5.75 Å². The van der Waals surface area contributed by atoms with E-state index in [1.165, 1.54) is 29.5 Å². The molecule has 0 saturated heterocycles. The van der Waals surface area contributed by atoms with Gasteiger partial charge in [-0.3, -0.25) is 4.79 Å². The molecule has 1 heterocycles. The number of hydrogen-bond acceptors (Lipinski definition) is 4. The SMILES string of the molecule is Cc1nc(CNC(=O)c2cc(Cl)ccc2O)cs1. The van der Waals surface area contributed by atoms with E-state index in [2.05, 4.69) is 10.3 Å². The van der Waals surface area contributed by atoms with Crippen LogP contribution in [0.4, 0.5) is 0 Å². The third-order valence-corrected chi connectivity index (χ3v) is 3.36. The van der Waals surface area contributed by atoms with Crippen molar-refractivity contribution in [3.05, 3.63) is 44.9 Å². The smallest absolute Gasteiger partial charge is 0.255 e. The number of aromatic hydroxyl groups is 1. The molecule has 94 valence electrons. The summed E-state index contributed by atoms with van der Waals surface area (Å²) in [5.74, 6) is -0.466. The molecule has 1 aromatic carbocycles. The first-order valence-corrected chi connectivity index (χ1v) is 6.50. The Kier molecular flexibility index (Phi) is 3.84. The Hall–Kier alpha value is -1.59. The van der Waals surface area contributed by atoms with Crippen molar-refractivity contribution >= 4 is 28.8 Å². The Morgan fingerprint density at radius 1 is 1.56 bits per heavy atom. The Morgan fingerprint density at radius 2 is 2.33 bits per heavy atom. The standard InChI is InChI=1S/C12H11ClN2O2S/c1-7-15-9(6-18-7)5-14-12(17)10-4-8(13)2-3-11(10)16/h2-4,6,16H,5H2,1H3,(H,14,17). The molecule has 0 atom stereocenters. The molecule has 6 heteroatoms. The van der Waals surface area contributed by atoms with Crippen molar-refractivity contribution in [2.45, 2.75) is 13.5 Å². The molecule has 2 N–H and O–H groups in total. The monoisotopic (exact) mass is 282 g/mol. The lowest BCUT2D eigenvalue weighted by Gasteiger charge is -2.05. The van der Waals surface area contributed by atoms with Gasteiger partial charge < -0.3 is 10.4 Å². The number of aromatic nitrogens is 1. The first kappa shape index (κ1) is 12.9. The molecule has 0 radical (unpaired) electrons. The molecule has 0 aliphatic heterocycles. The van der Waals surface area contributed by atoms with E-state index in [-0.39, 0.29) is 17.2 Å². The molecule has 4 nitrogen and oxygen atoms in total. The predicted octanol–water partition coefficient (Wildman–Crippen LogP) is 2.74. The van der Waals surface area contributed by atoms with E-state index in [9.17, 15) is 9.90 Å². The van der Waals surface area contributed by atoms with Crippen molar-refractivity contribution in [1.29, 1.82) is 0 Å². The van der Waals surface area contributed by atoms with Crippen LogP contribution in [0.3, 0.4) is 0 Å². The number of carbonyl (C=O) groups is 1. The minimum Gasteiger partial charge on any atom is -0.507 e. The van der Waals surface area contributed by atoms with Gasteiger partial charge in [0.2, 0.25) is 0 Å². The van der Waals surface area contributed by atoms with Crippen LogP contribution in [-0.2, 0) is 6.54 Å². The highest BCUT2D eigenvalue weighted by Crippen LogP contribution is 2.21. The molecular formula is C12H11ClN2O2S. The number of nitrogens with zero attached hydrogens (tertiary/aromatic N) is 1. The maximum absolute atomic E-state index is 11.8. The van der Waals surface area contributed by atoms with E-state index in [0.717, 1.165) is 10.7 Å². The number of phenols is 1. The van der Waals surface area contributed by atoms with Crippen molar-refractivity contribution in [2.75, 3.05) is 0 Å². The van der Waals surface area contributed by atoms with E-state index in [0.29, 0.717) is 11.6 Å². The second-order valence-electron chi connectivity index (χ2n) is 3.70. The summed E-state index contributed by atoms with van der Waals surface area (Å²) in [5, 5.41) is 15.5. The summed E-state index contributed by atoms with van der Waals surface area (Å²) in [6.45, 7) is 2.23. The van der Waals surface area contributed by atoms with Crippen LogP contribution in [0, 0.1) is 6.92 Å². The predicted molar refractivity (Wildman–Crippen MR) is 71.1 cm³/mol. The number of carbonyl (C=O) groups excluding carboxylic acids is 1. The van der Waals surface area contributed by atoms with Crippen LogP contribution in [0.1, 0.15) is 21.1 Å². The lowest BCUT2D eigenvalue weighted by atomic mass is 10.2. The molecule has 1 aromatic heterocycles. The fourth-order valence-corrected chi connectivity index (χ4v) is 2.23. The van der Waals surface area contributed by atoms with Crippen LogP contribution >= 0.6 is 22.9 Å². The largest absolute Gasteiger partial charge is 0.507 e. The van der Waals surface area contributed by atoms with E-state index in [1.807, 2.05) is 12.3 Å². The first-order chi connectivity index (χ1) is 8.56. The third kappa shape index (κ3) is 3.00. The number of aryl methyl sites for hydroxylation is 1. The summed E-state index contributed by atoms with van der Waals surface area (Å²) in [6.07, 6.45) is 0. The van der Waals surface area contributed by atoms with Crippen molar-refractivity contribution < 1.29 is 9.90 Å². The Balaban J connectivity index is 2.05. The third-order valence-electron chi connectivity index (χ3n) is 2.30. The fourth-order valence-electron chi connectivity index (χ4n) is 1.45. The second kappa shape index (κ2) is 5.37. The number of halogens is 1. The first-order valence-electron chi connectivity index (χ1n) is 5.24. The average Bonchev–Trinajstić information content (AvgIpc) is 2.75. The summed E-state index contributed by atoms with van der Waals surface area (Å²) < 4.78 is 0. The number of rotatable bonds is 3. The van der Waals surface area contributed by atoms with Crippen molar-refractivity contribution in [1.82, 2.24) is 10.3 Å². The highest BCUT2D eigenvalue weighted by Gasteiger charge is 2.11. The fraction of sp³-hybridized carbons (Fsp3) is 0.167. The molecule has 0 unspecified atom stereocenters. The van der Waals surface area contributed by atoms with Crippen molar-refractivity contribution in [2.24, 2.45) is 0 Å². The maximum Gasteiger partial charge on any atom is 0.255 e. The highest BCUT2D eigenvalue weighted by atomic mass is 35.5. The maximum atomic E-state index is 11.8. The molecule has 0 spiro atoms. The summed E-state index contributed by atoms with van der Waals surface area (Å²) in [7, 11) is 0. The zero-order chi connectivity index (χ0) is 13.1. The lowest BCUT2D eigenvalue weighted by Crippen LogP contribution is -2.23. The number of nitrogens with one attached hydrogen (secondary N) is 1. The van der Waals surface area contributed by atoms with Gasteiger partial charge in [0.1, 0.15) is 5.75 Å². The van der Waals surface area contributed by atoms with Gasteiger partial charge in [0.25, 0.3) is 5.91 Å². The van der Waals surface area contributed by atoms with Gasteiger partial charge >= 0.3 is 0 Å². The van der Waals surface area contributed by atoms with E-state index >= 15 is 0 Å². The zero-order valence-electron chi connectivity index (χ0n) is 9.61. The Morgan fingerprint density at radius 3 is 3.00 bits per heavy atom. The summed E-state index contributed by atoms with van der Waals surface area (Å²) >= 11 is 7.30. The number of phenolic OH excluding ortho intramolecular Hbond substituents is 1. The normalized spacial score (nSPS) is 10.3. The molecule has 2 aromatic rings. The molecule has 2 rings (SSSR count). The number of amides is 1. The van der Waals surface area contributed by atoms with Crippen molar-refractivity contribution in [3.8, 4) is 5.75 Å². The van der Waals surface area contributed by atoms with Gasteiger partial charge in [-0.1, -0.05) is 11.6 Å². The molecule has 0 fully saturated rings. The summed E-state index contributed by atoms with van der Waals surface area (Å²) in [4.78, 5) is 16.1. The molecule has 0 aliphatic rings. The van der Waals surface area contributed by atoms with Crippen LogP contribution in [0.2, 0.25) is 5.02 Å². The van der Waals surface area contributed by atoms with Gasteiger partial charge in [-0.2, -0.15) is 0 Å². The van der Waals surface area contributed by atoms with Gasteiger partial charge in [-0.05, 0) is 25.1 Å². The Bertz CT molecular complexity index is 583. The number of hydrogen-bond donors (Lipinski definition) is 2. The van der Waals surface area contributed by atoms with Crippen LogP contribution in [0.25, 0.3) is 0 Å². The quantitative estimate of drug-likeness (QED) is 0.910. The molecule has 18 heavy (non-hydrogen) atoms. The average molecular weight is 283 g/mol. The zero-order valence-corrected chi connectivity index (χ0v) is 11.2. The number of thiazole rings is 1. The van der Waals surface area contributed by atoms with Gasteiger partial charge in [-0.15, -0.1) is 11.3 Å². The van der Waals surface area contributed by atoms with E-state index < -0.39 is 0 Å². The van der Waals surface area contributed by atoms with Gasteiger partial charge in [0.05, 0.1) is 22.8 Å². The van der Waals surface area contributed by atoms with Gasteiger partial charge in [0.15, 0.2) is 0 Å². The second-order valence-corrected chi connectivity index (χ2v) is 5.20. The molecule has 1 amide bonds. The van der Waals surface area contributed by atoms with Gasteiger partial charge in [-0.25, -0.2) is 4.98 Å². The van der Waals surface area contributed by atoms with Crippen LogP contribution < -0.4 is 5.32 Å². The van der Waals surface area contributed by atoms with Gasteiger partial charge in [0, 0.05) is 10.4 Å². The minimum atomic E-state index is -0.374. The van der Waals surface area contributed by atoms with Crippen LogP contribution in [-0.4, -0.2) is 16.0 Å². The molecule has 0 saturated carbocycles. The summed E-state index contributed by atoms with van der Waals surface area (Å²) in [6, 6.07) is 4.35. The molecule has 0 bridgehead atoms. The minimum absolute atomic E-state index is 0.0913. The summed E-state index contributed by atoms with van der Waals surface area (Å²) in [5.41, 5.74) is 0.960. The molecular weight excluding hydrogens is 272 g/mol. The highest BCUT2D eigenvalue weighted by molar-refractivity contribution is 7.09. The Labute approximate surface area is 113 Å².